The number of benzene rings is 1. The summed E-state index contributed by atoms with van der Waals surface area (Å²) in [7, 11) is 0. The lowest BCUT2D eigenvalue weighted by Gasteiger charge is -2.13. The van der Waals surface area contributed by atoms with Crippen molar-refractivity contribution in [3.05, 3.63) is 33.5 Å². The molecule has 1 aromatic heterocycles. The van der Waals surface area contributed by atoms with E-state index in [0.29, 0.717) is 12.4 Å². The predicted molar refractivity (Wildman–Crippen MR) is 94.9 cm³/mol. The number of nitrogens with zero attached hydrogens (tertiary/aromatic N) is 2. The van der Waals surface area contributed by atoms with Crippen LogP contribution < -0.4 is 10.1 Å². The van der Waals surface area contributed by atoms with Crippen molar-refractivity contribution in [2.45, 2.75) is 27.2 Å². The van der Waals surface area contributed by atoms with Crippen LogP contribution in [0.2, 0.25) is 0 Å². The molecule has 0 unspecified atom stereocenters. The van der Waals surface area contributed by atoms with E-state index in [-0.39, 0.29) is 0 Å². The van der Waals surface area contributed by atoms with Gasteiger partial charge in [-0.05, 0) is 55.0 Å². The van der Waals surface area contributed by atoms with Crippen LogP contribution in [0.25, 0.3) is 11.4 Å². The SMILES string of the molecule is CCCNc1nc(-c2ccccc2OCC)nc(C)c1I. The largest absolute Gasteiger partial charge is 0.493 e. The molecule has 1 aromatic carbocycles. The summed E-state index contributed by atoms with van der Waals surface area (Å²) in [5.74, 6) is 2.42. The van der Waals surface area contributed by atoms with Crippen LogP contribution in [0.3, 0.4) is 0 Å². The first-order valence-corrected chi connectivity index (χ1v) is 8.25. The fourth-order valence-electron chi connectivity index (χ4n) is 1.97. The molecule has 0 atom stereocenters. The van der Waals surface area contributed by atoms with Crippen LogP contribution in [0, 0.1) is 10.5 Å². The molecule has 0 saturated carbocycles. The topological polar surface area (TPSA) is 47.0 Å². The minimum atomic E-state index is 0.626. The zero-order valence-corrected chi connectivity index (χ0v) is 14.8. The molecular weight excluding hydrogens is 377 g/mol. The number of rotatable bonds is 6. The van der Waals surface area contributed by atoms with Crippen molar-refractivity contribution >= 4 is 28.4 Å². The van der Waals surface area contributed by atoms with Crippen molar-refractivity contribution in [2.75, 3.05) is 18.5 Å². The Balaban J connectivity index is 2.46. The zero-order valence-electron chi connectivity index (χ0n) is 12.6. The van der Waals surface area contributed by atoms with E-state index in [1.165, 1.54) is 0 Å². The Hall–Kier alpha value is -1.37. The molecule has 5 heteroatoms. The summed E-state index contributed by atoms with van der Waals surface area (Å²) in [5, 5.41) is 3.37. The lowest BCUT2D eigenvalue weighted by molar-refractivity contribution is 0.341. The number of aryl methyl sites for hydroxylation is 1. The molecule has 2 rings (SSSR count). The first-order valence-electron chi connectivity index (χ1n) is 7.17. The summed E-state index contributed by atoms with van der Waals surface area (Å²) >= 11 is 2.29. The van der Waals surface area contributed by atoms with Crippen LogP contribution in [0.4, 0.5) is 5.82 Å². The van der Waals surface area contributed by atoms with Crippen LogP contribution in [0.15, 0.2) is 24.3 Å². The first-order chi connectivity index (χ1) is 10.2. The van der Waals surface area contributed by atoms with Crippen molar-refractivity contribution in [3.63, 3.8) is 0 Å². The molecule has 0 bridgehead atoms. The molecule has 1 N–H and O–H groups in total. The van der Waals surface area contributed by atoms with Crippen LogP contribution in [0.5, 0.6) is 5.75 Å². The number of aromatic nitrogens is 2. The predicted octanol–water partition coefficient (Wildman–Crippen LogP) is 4.28. The molecule has 0 aliphatic rings. The summed E-state index contributed by atoms with van der Waals surface area (Å²) in [5.41, 5.74) is 1.91. The van der Waals surface area contributed by atoms with Crippen LogP contribution in [-0.4, -0.2) is 23.1 Å². The third kappa shape index (κ3) is 3.84. The van der Waals surface area contributed by atoms with E-state index >= 15 is 0 Å². The fraction of sp³-hybridized carbons (Fsp3) is 0.375. The maximum absolute atomic E-state index is 5.68. The molecule has 4 nitrogen and oxygen atoms in total. The average molecular weight is 397 g/mol. The quantitative estimate of drug-likeness (QED) is 0.740. The second-order valence-electron chi connectivity index (χ2n) is 4.65. The van der Waals surface area contributed by atoms with Crippen molar-refractivity contribution in [1.29, 1.82) is 0 Å². The maximum Gasteiger partial charge on any atom is 0.165 e. The Labute approximate surface area is 139 Å². The molecule has 0 amide bonds. The van der Waals surface area contributed by atoms with Gasteiger partial charge in [0, 0.05) is 6.54 Å². The molecule has 0 aliphatic heterocycles. The van der Waals surface area contributed by atoms with E-state index in [4.69, 9.17) is 4.74 Å². The summed E-state index contributed by atoms with van der Waals surface area (Å²) in [4.78, 5) is 9.29. The van der Waals surface area contributed by atoms with E-state index in [1.807, 2.05) is 38.1 Å². The van der Waals surface area contributed by atoms with Gasteiger partial charge in [0.15, 0.2) is 5.82 Å². The third-order valence-corrected chi connectivity index (χ3v) is 4.28. The Morgan fingerprint density at radius 1 is 1.19 bits per heavy atom. The van der Waals surface area contributed by atoms with E-state index in [1.54, 1.807) is 0 Å². The smallest absolute Gasteiger partial charge is 0.165 e. The molecule has 0 saturated heterocycles. The Morgan fingerprint density at radius 3 is 2.67 bits per heavy atom. The summed E-state index contributed by atoms with van der Waals surface area (Å²) < 4.78 is 6.75. The van der Waals surface area contributed by atoms with Crippen molar-refractivity contribution in [1.82, 2.24) is 9.97 Å². The summed E-state index contributed by atoms with van der Waals surface area (Å²) in [6.07, 6.45) is 1.06. The number of nitrogens with one attached hydrogen (secondary N) is 1. The molecule has 2 aromatic rings. The van der Waals surface area contributed by atoms with Gasteiger partial charge in [-0.2, -0.15) is 0 Å². The van der Waals surface area contributed by atoms with Gasteiger partial charge in [-0.25, -0.2) is 9.97 Å². The van der Waals surface area contributed by atoms with E-state index < -0.39 is 0 Å². The van der Waals surface area contributed by atoms with Gasteiger partial charge < -0.3 is 10.1 Å². The van der Waals surface area contributed by atoms with E-state index in [9.17, 15) is 0 Å². The van der Waals surface area contributed by atoms with Gasteiger partial charge in [0.2, 0.25) is 0 Å². The van der Waals surface area contributed by atoms with Gasteiger partial charge in [0.05, 0.1) is 21.4 Å². The van der Waals surface area contributed by atoms with Crippen LogP contribution in [0.1, 0.15) is 26.0 Å². The highest BCUT2D eigenvalue weighted by atomic mass is 127. The number of ether oxygens (including phenoxy) is 1. The molecule has 0 radical (unpaired) electrons. The molecule has 0 spiro atoms. The van der Waals surface area contributed by atoms with Gasteiger partial charge in [-0.15, -0.1) is 0 Å². The third-order valence-electron chi connectivity index (χ3n) is 2.99. The molecule has 112 valence electrons. The van der Waals surface area contributed by atoms with E-state index in [2.05, 4.69) is 44.8 Å². The molecule has 0 fully saturated rings. The standard InChI is InChI=1S/C16H20IN3O/c1-4-10-18-16-14(17)11(3)19-15(20-16)12-8-6-7-9-13(12)21-5-2/h6-9H,4-5,10H2,1-3H3,(H,18,19,20). The van der Waals surface area contributed by atoms with E-state index in [0.717, 1.165) is 39.4 Å². The molecule has 0 aliphatic carbocycles. The highest BCUT2D eigenvalue weighted by Gasteiger charge is 2.13. The molecule has 1 heterocycles. The second kappa shape index (κ2) is 7.59. The minimum absolute atomic E-state index is 0.626. The first kappa shape index (κ1) is 16.0. The minimum Gasteiger partial charge on any atom is -0.493 e. The normalized spacial score (nSPS) is 10.5. The van der Waals surface area contributed by atoms with Crippen LogP contribution in [-0.2, 0) is 0 Å². The number of para-hydroxylation sites is 1. The summed E-state index contributed by atoms with van der Waals surface area (Å²) in [6.45, 7) is 7.65. The maximum atomic E-state index is 5.68. The fourth-order valence-corrected chi connectivity index (χ4v) is 2.40. The number of halogens is 1. The van der Waals surface area contributed by atoms with Gasteiger partial charge >= 0.3 is 0 Å². The van der Waals surface area contributed by atoms with Crippen molar-refractivity contribution in [3.8, 4) is 17.1 Å². The lowest BCUT2D eigenvalue weighted by Crippen LogP contribution is -2.08. The van der Waals surface area contributed by atoms with Crippen LogP contribution >= 0.6 is 22.6 Å². The van der Waals surface area contributed by atoms with Crippen molar-refractivity contribution in [2.24, 2.45) is 0 Å². The zero-order chi connectivity index (χ0) is 15.2. The van der Waals surface area contributed by atoms with Gasteiger partial charge in [0.1, 0.15) is 11.6 Å². The van der Waals surface area contributed by atoms with Gasteiger partial charge in [-0.1, -0.05) is 19.1 Å². The molecular formula is C16H20IN3O. The molecule has 21 heavy (non-hydrogen) atoms. The Bertz CT molecular complexity index is 616. The highest BCUT2D eigenvalue weighted by molar-refractivity contribution is 14.1. The number of hydrogen-bond acceptors (Lipinski definition) is 4. The van der Waals surface area contributed by atoms with Gasteiger partial charge in [0.25, 0.3) is 0 Å². The van der Waals surface area contributed by atoms with Crippen molar-refractivity contribution < 1.29 is 4.74 Å². The Morgan fingerprint density at radius 2 is 1.95 bits per heavy atom. The summed E-state index contributed by atoms with van der Waals surface area (Å²) in [6, 6.07) is 7.89. The average Bonchev–Trinajstić information content (AvgIpc) is 2.49. The Kier molecular flexibility index (Phi) is 5.78. The number of hydrogen-bond donors (Lipinski definition) is 1. The second-order valence-corrected chi connectivity index (χ2v) is 5.73. The van der Waals surface area contributed by atoms with Gasteiger partial charge in [-0.3, -0.25) is 0 Å². The number of anilines is 1. The lowest BCUT2D eigenvalue weighted by atomic mass is 10.2. The monoisotopic (exact) mass is 397 g/mol. The highest BCUT2D eigenvalue weighted by Crippen LogP contribution is 2.30.